The lowest BCUT2D eigenvalue weighted by atomic mass is 10.1. The number of carbonyl (C=O) groups is 1. The molecule has 0 heterocycles. The van der Waals surface area contributed by atoms with Gasteiger partial charge in [-0.1, -0.05) is 26.2 Å². The zero-order valence-electron chi connectivity index (χ0n) is 9.22. The molecule has 0 aromatic heterocycles. The van der Waals surface area contributed by atoms with Gasteiger partial charge in [-0.2, -0.15) is 0 Å². The number of halogens is 1. The fourth-order valence-electron chi connectivity index (χ4n) is 1.42. The van der Waals surface area contributed by atoms with E-state index in [9.17, 15) is 4.79 Å². The van der Waals surface area contributed by atoms with Gasteiger partial charge in [-0.05, 0) is 19.3 Å². The van der Waals surface area contributed by atoms with E-state index in [1.807, 2.05) is 0 Å². The molecule has 0 fully saturated rings. The van der Waals surface area contributed by atoms with Crippen LogP contribution in [-0.4, -0.2) is 18.0 Å². The fraction of sp³-hybridized carbons (Fsp3) is 0.909. The Morgan fingerprint density at radius 1 is 1.29 bits per heavy atom. The molecule has 0 saturated carbocycles. The van der Waals surface area contributed by atoms with Gasteiger partial charge in [0, 0.05) is 12.8 Å². The first-order chi connectivity index (χ1) is 6.70. The summed E-state index contributed by atoms with van der Waals surface area (Å²) in [7, 11) is 0. The molecule has 0 rings (SSSR count). The van der Waals surface area contributed by atoms with Crippen LogP contribution in [0.4, 0.5) is 0 Å². The highest BCUT2D eigenvalue weighted by molar-refractivity contribution is 6.17. The lowest BCUT2D eigenvalue weighted by molar-refractivity contribution is -0.146. The first-order valence-corrected chi connectivity index (χ1v) is 5.97. The Kier molecular flexibility index (Phi) is 9.16. The molecule has 0 aliphatic heterocycles. The maximum Gasteiger partial charge on any atom is 0.302 e. The summed E-state index contributed by atoms with van der Waals surface area (Å²) in [5.74, 6) is 0.363. The number of hydrogen-bond acceptors (Lipinski definition) is 2. The summed E-state index contributed by atoms with van der Waals surface area (Å²) in [6.07, 6.45) is 6.59. The molecule has 0 unspecified atom stereocenters. The van der Waals surface area contributed by atoms with Crippen LogP contribution >= 0.6 is 11.6 Å². The van der Waals surface area contributed by atoms with Crippen molar-refractivity contribution in [1.82, 2.24) is 0 Å². The van der Waals surface area contributed by atoms with Crippen LogP contribution in [0.5, 0.6) is 0 Å². The minimum Gasteiger partial charge on any atom is -0.463 e. The number of hydrogen-bond donors (Lipinski definition) is 0. The van der Waals surface area contributed by atoms with Crippen molar-refractivity contribution in [3.05, 3.63) is 0 Å². The third-order valence-electron chi connectivity index (χ3n) is 2.14. The monoisotopic (exact) mass is 220 g/mol. The first-order valence-electron chi connectivity index (χ1n) is 5.43. The largest absolute Gasteiger partial charge is 0.463 e. The Hall–Kier alpha value is -0.240. The van der Waals surface area contributed by atoms with Gasteiger partial charge in [-0.3, -0.25) is 4.79 Å². The normalized spacial score (nSPS) is 12.5. The minimum absolute atomic E-state index is 0.0295. The van der Waals surface area contributed by atoms with Gasteiger partial charge < -0.3 is 4.74 Å². The van der Waals surface area contributed by atoms with E-state index in [1.54, 1.807) is 0 Å². The van der Waals surface area contributed by atoms with Gasteiger partial charge in [0.2, 0.25) is 0 Å². The number of rotatable bonds is 8. The second-order valence-electron chi connectivity index (χ2n) is 3.56. The fourth-order valence-corrected chi connectivity index (χ4v) is 1.66. The van der Waals surface area contributed by atoms with E-state index in [0.29, 0.717) is 5.88 Å². The molecule has 0 aliphatic carbocycles. The van der Waals surface area contributed by atoms with Gasteiger partial charge in [0.25, 0.3) is 0 Å². The highest BCUT2D eigenvalue weighted by Crippen LogP contribution is 2.12. The molecule has 0 bridgehead atoms. The van der Waals surface area contributed by atoms with E-state index in [1.165, 1.54) is 26.2 Å². The Labute approximate surface area is 92.0 Å². The number of esters is 1. The SMILES string of the molecule is CCCCCC[C@@H](CCCl)OC(C)=O. The molecule has 0 N–H and O–H groups in total. The molecule has 2 nitrogen and oxygen atoms in total. The van der Waals surface area contributed by atoms with Crippen LogP contribution in [0.1, 0.15) is 52.4 Å². The second kappa shape index (κ2) is 9.32. The van der Waals surface area contributed by atoms with Crippen LogP contribution < -0.4 is 0 Å². The van der Waals surface area contributed by atoms with Crippen molar-refractivity contribution in [2.75, 3.05) is 5.88 Å². The number of alkyl halides is 1. The number of unbranched alkanes of at least 4 members (excludes halogenated alkanes) is 3. The average Bonchev–Trinajstić information content (AvgIpc) is 2.12. The van der Waals surface area contributed by atoms with Crippen molar-refractivity contribution < 1.29 is 9.53 Å². The molecule has 0 spiro atoms. The van der Waals surface area contributed by atoms with Crippen molar-refractivity contribution in [3.8, 4) is 0 Å². The topological polar surface area (TPSA) is 26.3 Å². The highest BCUT2D eigenvalue weighted by atomic mass is 35.5. The Morgan fingerprint density at radius 3 is 2.50 bits per heavy atom. The summed E-state index contributed by atoms with van der Waals surface area (Å²) < 4.78 is 5.15. The van der Waals surface area contributed by atoms with Crippen LogP contribution in [0.25, 0.3) is 0 Å². The summed E-state index contributed by atoms with van der Waals surface area (Å²) in [5.41, 5.74) is 0. The summed E-state index contributed by atoms with van der Waals surface area (Å²) in [4.78, 5) is 10.8. The van der Waals surface area contributed by atoms with E-state index in [4.69, 9.17) is 16.3 Å². The third kappa shape index (κ3) is 8.36. The molecule has 0 aliphatic rings. The molecule has 14 heavy (non-hydrogen) atoms. The predicted molar refractivity (Wildman–Crippen MR) is 59.7 cm³/mol. The molecule has 0 amide bonds. The van der Waals surface area contributed by atoms with Gasteiger partial charge >= 0.3 is 5.97 Å². The molecule has 0 aromatic rings. The summed E-state index contributed by atoms with van der Waals surface area (Å²) >= 11 is 5.63. The zero-order chi connectivity index (χ0) is 10.8. The molecule has 3 heteroatoms. The minimum atomic E-state index is -0.199. The van der Waals surface area contributed by atoms with E-state index >= 15 is 0 Å². The lowest BCUT2D eigenvalue weighted by Gasteiger charge is -2.15. The van der Waals surface area contributed by atoms with Crippen molar-refractivity contribution in [3.63, 3.8) is 0 Å². The zero-order valence-corrected chi connectivity index (χ0v) is 9.98. The van der Waals surface area contributed by atoms with Crippen molar-refractivity contribution in [1.29, 1.82) is 0 Å². The van der Waals surface area contributed by atoms with Gasteiger partial charge in [-0.15, -0.1) is 11.6 Å². The Morgan fingerprint density at radius 2 is 2.00 bits per heavy atom. The van der Waals surface area contributed by atoms with Crippen LogP contribution in [0.2, 0.25) is 0 Å². The predicted octanol–water partition coefficient (Wildman–Crippen LogP) is 3.52. The van der Waals surface area contributed by atoms with Crippen LogP contribution in [0.15, 0.2) is 0 Å². The van der Waals surface area contributed by atoms with E-state index in [-0.39, 0.29) is 12.1 Å². The summed E-state index contributed by atoms with van der Waals surface area (Å²) in [5, 5.41) is 0. The Bertz CT molecular complexity index is 148. The highest BCUT2D eigenvalue weighted by Gasteiger charge is 2.10. The van der Waals surface area contributed by atoms with Crippen molar-refractivity contribution >= 4 is 17.6 Å². The molecule has 0 aromatic carbocycles. The smallest absolute Gasteiger partial charge is 0.302 e. The lowest BCUT2D eigenvalue weighted by Crippen LogP contribution is -2.16. The van der Waals surface area contributed by atoms with E-state index in [2.05, 4.69) is 6.92 Å². The van der Waals surface area contributed by atoms with Gasteiger partial charge in [0.15, 0.2) is 0 Å². The average molecular weight is 221 g/mol. The number of ether oxygens (including phenoxy) is 1. The summed E-state index contributed by atoms with van der Waals surface area (Å²) in [6, 6.07) is 0. The molecular weight excluding hydrogens is 200 g/mol. The van der Waals surface area contributed by atoms with Crippen LogP contribution in [-0.2, 0) is 9.53 Å². The first kappa shape index (κ1) is 13.8. The maximum atomic E-state index is 10.8. The van der Waals surface area contributed by atoms with Crippen LogP contribution in [0.3, 0.4) is 0 Å². The number of carbonyl (C=O) groups excluding carboxylic acids is 1. The summed E-state index contributed by atoms with van der Waals surface area (Å²) in [6.45, 7) is 3.63. The molecular formula is C11H21ClO2. The molecule has 0 radical (unpaired) electrons. The van der Waals surface area contributed by atoms with Crippen LogP contribution in [0, 0.1) is 0 Å². The third-order valence-corrected chi connectivity index (χ3v) is 2.36. The van der Waals surface area contributed by atoms with Crippen molar-refractivity contribution in [2.24, 2.45) is 0 Å². The molecule has 84 valence electrons. The maximum absolute atomic E-state index is 10.8. The second-order valence-corrected chi connectivity index (χ2v) is 3.94. The van der Waals surface area contributed by atoms with Gasteiger partial charge in [0.05, 0.1) is 0 Å². The molecule has 0 saturated heterocycles. The van der Waals surface area contributed by atoms with Gasteiger partial charge in [-0.25, -0.2) is 0 Å². The quantitative estimate of drug-likeness (QED) is 0.356. The van der Waals surface area contributed by atoms with E-state index in [0.717, 1.165) is 19.3 Å². The van der Waals surface area contributed by atoms with Crippen molar-refractivity contribution in [2.45, 2.75) is 58.5 Å². The Balaban J connectivity index is 3.56. The van der Waals surface area contributed by atoms with E-state index < -0.39 is 0 Å². The standard InChI is InChI=1S/C11H21ClO2/c1-3-4-5-6-7-11(8-9-12)14-10(2)13/h11H,3-9H2,1-2H3/t11-/m0/s1. The molecule has 1 atom stereocenters. The van der Waals surface area contributed by atoms with Gasteiger partial charge in [0.1, 0.15) is 6.10 Å².